The predicted octanol–water partition coefficient (Wildman–Crippen LogP) is 2.36. The number of piperazine rings is 1. The van der Waals surface area contributed by atoms with Crippen LogP contribution in [0, 0.1) is 11.3 Å². The van der Waals surface area contributed by atoms with E-state index in [9.17, 15) is 9.59 Å². The average molecular weight is 350 g/mol. The van der Waals surface area contributed by atoms with Crippen LogP contribution >= 0.6 is 0 Å². The maximum absolute atomic E-state index is 13.6. The molecule has 2 saturated heterocycles. The molecule has 0 aromatic heterocycles. The first-order chi connectivity index (χ1) is 11.9. The Morgan fingerprint density at radius 1 is 1.16 bits per heavy atom. The van der Waals surface area contributed by atoms with Gasteiger partial charge in [-0.1, -0.05) is 26.7 Å². The van der Waals surface area contributed by atoms with Crippen molar-refractivity contribution in [3.05, 3.63) is 0 Å². The molecule has 3 fully saturated rings. The first-order valence-corrected chi connectivity index (χ1v) is 10.2. The Labute approximate surface area is 152 Å². The number of hydrogen-bond donors (Lipinski definition) is 0. The van der Waals surface area contributed by atoms with Crippen molar-refractivity contribution in [2.75, 3.05) is 39.8 Å². The van der Waals surface area contributed by atoms with Gasteiger partial charge in [-0.25, -0.2) is 0 Å². The number of hydrogen-bond acceptors (Lipinski definition) is 3. The molecule has 2 amide bonds. The van der Waals surface area contributed by atoms with Crippen LogP contribution in [0.25, 0.3) is 0 Å². The van der Waals surface area contributed by atoms with Gasteiger partial charge in [-0.15, -0.1) is 0 Å². The van der Waals surface area contributed by atoms with E-state index in [0.717, 1.165) is 71.2 Å². The number of piperidine rings is 1. The Hall–Kier alpha value is -1.10. The molecule has 3 rings (SSSR count). The standard InChI is InChI=1S/C20H35N3O2/c1-16(2)8-11-23-17-6-4-5-9-20(17,10-7-18(23)24)19(25)22-14-12-21(3)13-15-22/h16-17H,4-15H2,1-3H3/t17-,20-/m1/s1. The molecule has 5 heteroatoms. The molecule has 2 aliphatic heterocycles. The number of nitrogens with zero attached hydrogens (tertiary/aromatic N) is 3. The topological polar surface area (TPSA) is 43.9 Å². The molecule has 25 heavy (non-hydrogen) atoms. The van der Waals surface area contributed by atoms with Crippen LogP contribution in [-0.4, -0.2) is 72.3 Å². The molecule has 142 valence electrons. The molecular formula is C20H35N3O2. The Morgan fingerprint density at radius 2 is 1.88 bits per heavy atom. The van der Waals surface area contributed by atoms with Crippen molar-refractivity contribution in [1.29, 1.82) is 0 Å². The number of fused-ring (bicyclic) bond motifs is 1. The SMILES string of the molecule is CC(C)CCN1C(=O)CC[C@]2(C(=O)N3CCN(C)CC3)CCCC[C@@H]12. The molecule has 0 spiro atoms. The molecule has 0 bridgehead atoms. The van der Waals surface area contributed by atoms with Crippen molar-refractivity contribution in [2.24, 2.45) is 11.3 Å². The highest BCUT2D eigenvalue weighted by atomic mass is 16.2. The van der Waals surface area contributed by atoms with E-state index in [0.29, 0.717) is 18.2 Å². The minimum atomic E-state index is -0.306. The summed E-state index contributed by atoms with van der Waals surface area (Å²) in [6.07, 6.45) is 6.59. The summed E-state index contributed by atoms with van der Waals surface area (Å²) in [6, 6.07) is 0.133. The van der Waals surface area contributed by atoms with Gasteiger partial charge >= 0.3 is 0 Å². The van der Waals surface area contributed by atoms with Crippen LogP contribution in [0.3, 0.4) is 0 Å². The average Bonchev–Trinajstić information content (AvgIpc) is 2.61. The van der Waals surface area contributed by atoms with Crippen molar-refractivity contribution >= 4 is 11.8 Å². The molecule has 2 heterocycles. The number of likely N-dealkylation sites (N-methyl/N-ethyl adjacent to an activating group) is 1. The number of carbonyl (C=O) groups excluding carboxylic acids is 2. The Bertz CT molecular complexity index is 499. The molecule has 3 aliphatic rings. The second-order valence-electron chi connectivity index (χ2n) is 8.78. The molecule has 1 saturated carbocycles. The monoisotopic (exact) mass is 349 g/mol. The van der Waals surface area contributed by atoms with Crippen LogP contribution in [0.5, 0.6) is 0 Å². The first kappa shape index (κ1) is 18.7. The summed E-state index contributed by atoms with van der Waals surface area (Å²) < 4.78 is 0. The van der Waals surface area contributed by atoms with Crippen LogP contribution in [0.1, 0.15) is 58.8 Å². The lowest BCUT2D eigenvalue weighted by atomic mass is 9.64. The maximum Gasteiger partial charge on any atom is 0.230 e. The smallest absolute Gasteiger partial charge is 0.230 e. The third-order valence-electron chi connectivity index (χ3n) is 6.63. The summed E-state index contributed by atoms with van der Waals surface area (Å²) in [5, 5.41) is 0. The number of rotatable bonds is 4. The van der Waals surface area contributed by atoms with E-state index in [2.05, 4.69) is 35.6 Å². The molecule has 2 atom stereocenters. The van der Waals surface area contributed by atoms with Crippen molar-refractivity contribution in [3.8, 4) is 0 Å². The van der Waals surface area contributed by atoms with Crippen LogP contribution in [0.4, 0.5) is 0 Å². The van der Waals surface area contributed by atoms with Gasteiger partial charge in [0.2, 0.25) is 11.8 Å². The summed E-state index contributed by atoms with van der Waals surface area (Å²) in [4.78, 5) is 32.7. The van der Waals surface area contributed by atoms with Gasteiger partial charge in [0.25, 0.3) is 0 Å². The lowest BCUT2D eigenvalue weighted by molar-refractivity contribution is -0.163. The summed E-state index contributed by atoms with van der Waals surface area (Å²) in [5.74, 6) is 1.20. The Morgan fingerprint density at radius 3 is 2.56 bits per heavy atom. The zero-order valence-electron chi connectivity index (χ0n) is 16.3. The van der Waals surface area contributed by atoms with Crippen LogP contribution in [0.15, 0.2) is 0 Å². The number of amides is 2. The molecule has 0 radical (unpaired) electrons. The van der Waals surface area contributed by atoms with Crippen molar-refractivity contribution < 1.29 is 9.59 Å². The lowest BCUT2D eigenvalue weighted by Crippen LogP contribution is -2.63. The van der Waals surface area contributed by atoms with E-state index >= 15 is 0 Å². The van der Waals surface area contributed by atoms with Crippen LogP contribution in [0.2, 0.25) is 0 Å². The van der Waals surface area contributed by atoms with Crippen molar-refractivity contribution in [2.45, 2.75) is 64.8 Å². The van der Waals surface area contributed by atoms with Crippen LogP contribution in [-0.2, 0) is 9.59 Å². The van der Waals surface area contributed by atoms with E-state index < -0.39 is 0 Å². The number of carbonyl (C=O) groups is 2. The minimum absolute atomic E-state index is 0.133. The third kappa shape index (κ3) is 3.71. The quantitative estimate of drug-likeness (QED) is 0.783. The minimum Gasteiger partial charge on any atom is -0.340 e. The summed E-state index contributed by atoms with van der Waals surface area (Å²) in [6.45, 7) is 8.83. The van der Waals surface area contributed by atoms with E-state index in [4.69, 9.17) is 0 Å². The number of likely N-dealkylation sites (tertiary alicyclic amines) is 1. The largest absolute Gasteiger partial charge is 0.340 e. The zero-order valence-corrected chi connectivity index (χ0v) is 16.3. The van der Waals surface area contributed by atoms with E-state index in [1.165, 1.54) is 0 Å². The Balaban J connectivity index is 1.80. The normalized spacial score (nSPS) is 31.4. The second-order valence-corrected chi connectivity index (χ2v) is 8.78. The van der Waals surface area contributed by atoms with Gasteiger partial charge in [-0.2, -0.15) is 0 Å². The van der Waals surface area contributed by atoms with E-state index in [1.54, 1.807) is 0 Å². The van der Waals surface area contributed by atoms with Gasteiger partial charge in [-0.3, -0.25) is 9.59 Å². The fourth-order valence-corrected chi connectivity index (χ4v) is 4.97. The van der Waals surface area contributed by atoms with Gasteiger partial charge in [-0.05, 0) is 38.6 Å². The molecule has 5 nitrogen and oxygen atoms in total. The Kier molecular flexibility index (Phi) is 5.71. The molecular weight excluding hydrogens is 314 g/mol. The third-order valence-corrected chi connectivity index (χ3v) is 6.63. The van der Waals surface area contributed by atoms with Gasteiger partial charge in [0.05, 0.1) is 5.41 Å². The van der Waals surface area contributed by atoms with E-state index in [-0.39, 0.29) is 17.4 Å². The second kappa shape index (κ2) is 7.65. The van der Waals surface area contributed by atoms with Gasteiger partial charge < -0.3 is 14.7 Å². The zero-order chi connectivity index (χ0) is 18.0. The van der Waals surface area contributed by atoms with Gasteiger partial charge in [0.15, 0.2) is 0 Å². The highest BCUT2D eigenvalue weighted by molar-refractivity contribution is 5.88. The molecule has 0 unspecified atom stereocenters. The highest BCUT2D eigenvalue weighted by Gasteiger charge is 2.54. The summed E-state index contributed by atoms with van der Waals surface area (Å²) >= 11 is 0. The molecule has 0 aromatic carbocycles. The molecule has 1 aliphatic carbocycles. The first-order valence-electron chi connectivity index (χ1n) is 10.2. The summed E-state index contributed by atoms with van der Waals surface area (Å²) in [5.41, 5.74) is -0.306. The van der Waals surface area contributed by atoms with Gasteiger partial charge in [0.1, 0.15) is 0 Å². The fraction of sp³-hybridized carbons (Fsp3) is 0.900. The van der Waals surface area contributed by atoms with Crippen LogP contribution < -0.4 is 0 Å². The van der Waals surface area contributed by atoms with Crippen molar-refractivity contribution in [3.63, 3.8) is 0 Å². The molecule has 0 N–H and O–H groups in total. The lowest BCUT2D eigenvalue weighted by Gasteiger charge is -2.53. The van der Waals surface area contributed by atoms with Gasteiger partial charge in [0, 0.05) is 45.2 Å². The van der Waals surface area contributed by atoms with Crippen molar-refractivity contribution in [1.82, 2.24) is 14.7 Å². The maximum atomic E-state index is 13.6. The summed E-state index contributed by atoms with van der Waals surface area (Å²) in [7, 11) is 2.12. The van der Waals surface area contributed by atoms with E-state index in [1.807, 2.05) is 0 Å². The predicted molar refractivity (Wildman–Crippen MR) is 99.2 cm³/mol. The highest BCUT2D eigenvalue weighted by Crippen LogP contribution is 2.47. The molecule has 0 aromatic rings. The fourth-order valence-electron chi connectivity index (χ4n) is 4.97.